The Morgan fingerprint density at radius 3 is 3.06 bits per heavy atom. The molecule has 0 saturated heterocycles. The van der Waals surface area contributed by atoms with Crippen LogP contribution in [0.25, 0.3) is 0 Å². The van der Waals surface area contributed by atoms with Crippen LogP contribution in [0.2, 0.25) is 0 Å². The van der Waals surface area contributed by atoms with Crippen LogP contribution in [0.15, 0.2) is 22.7 Å². The average molecular weight is 299 g/mol. The first kappa shape index (κ1) is 11.9. The van der Waals surface area contributed by atoms with E-state index in [4.69, 9.17) is 0 Å². The number of benzene rings is 1. The van der Waals surface area contributed by atoms with Gasteiger partial charge >= 0.3 is 5.97 Å². The van der Waals surface area contributed by atoms with Crippen LogP contribution in [-0.2, 0) is 14.3 Å². The minimum atomic E-state index is -0.367. The highest BCUT2D eigenvalue weighted by atomic mass is 79.9. The highest BCUT2D eigenvalue weighted by Gasteiger charge is 2.23. The van der Waals surface area contributed by atoms with Crippen LogP contribution in [0, 0.1) is 0 Å². The quantitative estimate of drug-likeness (QED) is 0.838. The summed E-state index contributed by atoms with van der Waals surface area (Å²) in [6.07, 6.45) is 0. The molecule has 1 heterocycles. The van der Waals surface area contributed by atoms with E-state index in [1.165, 1.54) is 7.11 Å². The molecule has 1 aliphatic rings. The Morgan fingerprint density at radius 2 is 2.35 bits per heavy atom. The van der Waals surface area contributed by atoms with Gasteiger partial charge < -0.3 is 15.0 Å². The van der Waals surface area contributed by atoms with Crippen LogP contribution >= 0.6 is 15.9 Å². The van der Waals surface area contributed by atoms with Crippen LogP contribution in [0.3, 0.4) is 0 Å². The van der Waals surface area contributed by atoms with E-state index in [1.807, 2.05) is 12.1 Å². The largest absolute Gasteiger partial charge is 0.468 e. The summed E-state index contributed by atoms with van der Waals surface area (Å²) in [7, 11) is 1.33. The second-order valence-corrected chi connectivity index (χ2v) is 4.56. The summed E-state index contributed by atoms with van der Waals surface area (Å²) < 4.78 is 5.48. The van der Waals surface area contributed by atoms with Crippen molar-refractivity contribution in [2.45, 2.75) is 0 Å². The molecule has 0 atom stereocenters. The second kappa shape index (κ2) is 4.75. The number of hydrogen-bond donors (Lipinski definition) is 1. The maximum absolute atomic E-state index is 11.5. The van der Waals surface area contributed by atoms with Crippen LogP contribution in [-0.4, -0.2) is 32.1 Å². The van der Waals surface area contributed by atoms with E-state index >= 15 is 0 Å². The first-order chi connectivity index (χ1) is 8.10. The van der Waals surface area contributed by atoms with Crippen LogP contribution < -0.4 is 10.2 Å². The fourth-order valence-electron chi connectivity index (χ4n) is 1.69. The zero-order valence-corrected chi connectivity index (χ0v) is 10.8. The number of amides is 1. The molecule has 0 spiro atoms. The van der Waals surface area contributed by atoms with Gasteiger partial charge in [0, 0.05) is 4.47 Å². The third-order valence-electron chi connectivity index (χ3n) is 2.46. The number of hydrogen-bond acceptors (Lipinski definition) is 4. The van der Waals surface area contributed by atoms with Gasteiger partial charge in [-0.05, 0) is 18.2 Å². The van der Waals surface area contributed by atoms with E-state index < -0.39 is 0 Å². The van der Waals surface area contributed by atoms with E-state index in [0.717, 1.165) is 10.2 Å². The number of carbonyl (C=O) groups excluding carboxylic acids is 2. The van der Waals surface area contributed by atoms with Crippen molar-refractivity contribution in [3.05, 3.63) is 22.7 Å². The van der Waals surface area contributed by atoms with E-state index in [0.29, 0.717) is 5.69 Å². The maximum atomic E-state index is 11.5. The van der Waals surface area contributed by atoms with Gasteiger partial charge in [0.1, 0.15) is 6.54 Å². The van der Waals surface area contributed by atoms with E-state index in [1.54, 1.807) is 11.0 Å². The van der Waals surface area contributed by atoms with Gasteiger partial charge in [0.05, 0.1) is 25.0 Å². The molecule has 1 amide bonds. The molecule has 0 fully saturated rings. The highest BCUT2D eigenvalue weighted by Crippen LogP contribution is 2.31. The molecule has 2 rings (SSSR count). The van der Waals surface area contributed by atoms with Gasteiger partial charge in [-0.1, -0.05) is 15.9 Å². The number of rotatable bonds is 2. The molecular formula is C11H11BrN2O3. The molecule has 1 aromatic carbocycles. The Hall–Kier alpha value is -1.56. The molecule has 6 heteroatoms. The maximum Gasteiger partial charge on any atom is 0.325 e. The zero-order valence-electron chi connectivity index (χ0n) is 9.20. The van der Waals surface area contributed by atoms with Crippen LogP contribution in [0.4, 0.5) is 11.4 Å². The number of nitrogens with one attached hydrogen (secondary N) is 1. The number of fused-ring (bicyclic) bond motifs is 1. The van der Waals surface area contributed by atoms with Gasteiger partial charge in [0.2, 0.25) is 5.91 Å². The topological polar surface area (TPSA) is 58.6 Å². The van der Waals surface area contributed by atoms with Gasteiger partial charge in [0.25, 0.3) is 0 Å². The summed E-state index contributed by atoms with van der Waals surface area (Å²) in [5.74, 6) is -0.506. The van der Waals surface area contributed by atoms with Gasteiger partial charge in [-0.3, -0.25) is 9.59 Å². The Bertz CT molecular complexity index is 476. The first-order valence-electron chi connectivity index (χ1n) is 5.01. The van der Waals surface area contributed by atoms with Gasteiger partial charge in [-0.15, -0.1) is 0 Å². The number of carbonyl (C=O) groups is 2. The lowest BCUT2D eigenvalue weighted by Crippen LogP contribution is -2.41. The number of halogens is 1. The monoisotopic (exact) mass is 298 g/mol. The SMILES string of the molecule is COC(=O)CN1CC(=O)Nc2cc(Br)ccc21. The lowest BCUT2D eigenvalue weighted by Gasteiger charge is -2.29. The average Bonchev–Trinajstić information content (AvgIpc) is 2.27. The third kappa shape index (κ3) is 2.58. The summed E-state index contributed by atoms with van der Waals surface area (Å²) in [5, 5.41) is 2.76. The normalized spacial score (nSPS) is 14.0. The second-order valence-electron chi connectivity index (χ2n) is 3.64. The van der Waals surface area contributed by atoms with E-state index in [-0.39, 0.29) is 25.0 Å². The summed E-state index contributed by atoms with van der Waals surface area (Å²) in [6, 6.07) is 5.51. The highest BCUT2D eigenvalue weighted by molar-refractivity contribution is 9.10. The van der Waals surface area contributed by atoms with Gasteiger partial charge in [-0.25, -0.2) is 0 Å². The van der Waals surface area contributed by atoms with E-state index in [9.17, 15) is 9.59 Å². The van der Waals surface area contributed by atoms with Crippen molar-refractivity contribution in [3.8, 4) is 0 Å². The molecule has 90 valence electrons. The van der Waals surface area contributed by atoms with Crippen molar-refractivity contribution in [3.63, 3.8) is 0 Å². The predicted octanol–water partition coefficient (Wildman–Crippen LogP) is 1.38. The number of esters is 1. The van der Waals surface area contributed by atoms with Crippen LogP contribution in [0.1, 0.15) is 0 Å². The van der Waals surface area contributed by atoms with Crippen molar-refractivity contribution in [2.24, 2.45) is 0 Å². The summed E-state index contributed by atoms with van der Waals surface area (Å²) in [5.41, 5.74) is 1.51. The molecule has 0 radical (unpaired) electrons. The van der Waals surface area contributed by atoms with Gasteiger partial charge in [0.15, 0.2) is 0 Å². The van der Waals surface area contributed by atoms with E-state index in [2.05, 4.69) is 26.0 Å². The molecule has 0 bridgehead atoms. The molecule has 0 aromatic heterocycles. The van der Waals surface area contributed by atoms with Crippen LogP contribution in [0.5, 0.6) is 0 Å². The fourth-order valence-corrected chi connectivity index (χ4v) is 2.05. The first-order valence-corrected chi connectivity index (χ1v) is 5.80. The molecule has 1 N–H and O–H groups in total. The van der Waals surface area contributed by atoms with Crippen molar-refractivity contribution in [2.75, 3.05) is 30.4 Å². The third-order valence-corrected chi connectivity index (χ3v) is 2.95. The van der Waals surface area contributed by atoms with Gasteiger partial charge in [-0.2, -0.15) is 0 Å². The number of nitrogens with zero attached hydrogens (tertiary/aromatic N) is 1. The Morgan fingerprint density at radius 1 is 1.59 bits per heavy atom. The van der Waals surface area contributed by atoms with Crippen molar-refractivity contribution >= 4 is 39.2 Å². The number of ether oxygens (including phenoxy) is 1. The molecule has 1 aliphatic heterocycles. The predicted molar refractivity (Wildman–Crippen MR) is 67.0 cm³/mol. The Kier molecular flexibility index (Phi) is 3.33. The minimum Gasteiger partial charge on any atom is -0.468 e. The number of methoxy groups -OCH3 is 1. The molecule has 5 nitrogen and oxygen atoms in total. The van der Waals surface area contributed by atoms with Crippen molar-refractivity contribution < 1.29 is 14.3 Å². The summed E-state index contributed by atoms with van der Waals surface area (Å²) in [4.78, 5) is 24.4. The molecule has 0 saturated carbocycles. The fraction of sp³-hybridized carbons (Fsp3) is 0.273. The standard InChI is InChI=1S/C11H11BrN2O3/c1-17-11(16)6-14-5-10(15)13-8-4-7(12)2-3-9(8)14/h2-4H,5-6H2,1H3,(H,13,15). The number of anilines is 2. The Labute approximate surface area is 107 Å². The molecule has 0 unspecified atom stereocenters. The smallest absolute Gasteiger partial charge is 0.325 e. The summed E-state index contributed by atoms with van der Waals surface area (Å²) in [6.45, 7) is 0.224. The molecule has 1 aromatic rings. The van der Waals surface area contributed by atoms with Crippen molar-refractivity contribution in [1.29, 1.82) is 0 Å². The lowest BCUT2D eigenvalue weighted by molar-refractivity contribution is -0.138. The summed E-state index contributed by atoms with van der Waals surface area (Å²) >= 11 is 3.33. The molecule has 17 heavy (non-hydrogen) atoms. The van der Waals surface area contributed by atoms with Crippen molar-refractivity contribution in [1.82, 2.24) is 0 Å². The molecule has 0 aliphatic carbocycles. The minimum absolute atomic E-state index is 0.0680. The zero-order chi connectivity index (χ0) is 12.4. The Balaban J connectivity index is 2.31. The molecular weight excluding hydrogens is 288 g/mol. The lowest BCUT2D eigenvalue weighted by atomic mass is 10.2.